The molecule has 0 aliphatic heterocycles. The van der Waals surface area contributed by atoms with Gasteiger partial charge in [-0.3, -0.25) is 4.79 Å². The lowest BCUT2D eigenvalue weighted by Crippen LogP contribution is -2.08. The van der Waals surface area contributed by atoms with E-state index in [9.17, 15) is 4.79 Å². The minimum absolute atomic E-state index is 0.0584. The molecule has 138 valence electrons. The molecular weight excluding hydrogens is 334 g/mol. The molecule has 27 heavy (non-hydrogen) atoms. The molecule has 1 aliphatic carbocycles. The number of rotatable bonds is 5. The fourth-order valence-electron chi connectivity index (χ4n) is 4.07. The van der Waals surface area contributed by atoms with Crippen LogP contribution in [-0.2, 0) is 6.42 Å². The second kappa shape index (κ2) is 7.07. The van der Waals surface area contributed by atoms with Crippen LogP contribution in [0, 0.1) is 19.8 Å². The molecule has 0 radical (unpaired) electrons. The molecule has 3 nitrogen and oxygen atoms in total. The number of aromatic amines is 1. The molecule has 1 fully saturated rings. The van der Waals surface area contributed by atoms with Crippen LogP contribution in [0.1, 0.15) is 34.6 Å². The van der Waals surface area contributed by atoms with Gasteiger partial charge in [0.1, 0.15) is 5.75 Å². The molecule has 1 aliphatic rings. The molecule has 1 heterocycles. The first-order chi connectivity index (χ1) is 13.1. The summed E-state index contributed by atoms with van der Waals surface area (Å²) < 4.78 is 5.70. The van der Waals surface area contributed by atoms with Crippen molar-refractivity contribution in [1.82, 2.24) is 4.98 Å². The van der Waals surface area contributed by atoms with Gasteiger partial charge in [-0.2, -0.15) is 0 Å². The van der Waals surface area contributed by atoms with Crippen molar-refractivity contribution in [2.24, 2.45) is 5.92 Å². The fourth-order valence-corrected chi connectivity index (χ4v) is 4.07. The number of nitrogens with one attached hydrogen (secondary N) is 1. The molecule has 0 spiro atoms. The second-order valence-corrected chi connectivity index (χ2v) is 7.62. The number of aromatic nitrogens is 1. The van der Waals surface area contributed by atoms with E-state index >= 15 is 0 Å². The highest BCUT2D eigenvalue weighted by Crippen LogP contribution is 2.50. The van der Waals surface area contributed by atoms with Gasteiger partial charge in [0.2, 0.25) is 0 Å². The van der Waals surface area contributed by atoms with Crippen LogP contribution in [0.25, 0.3) is 11.1 Å². The molecule has 0 saturated heterocycles. The Bertz CT molecular complexity index is 1020. The molecule has 2 atom stereocenters. The Morgan fingerprint density at radius 2 is 1.89 bits per heavy atom. The monoisotopic (exact) mass is 359 g/mol. The van der Waals surface area contributed by atoms with E-state index in [1.807, 2.05) is 25.1 Å². The summed E-state index contributed by atoms with van der Waals surface area (Å²) in [5.41, 5.74) is 6.59. The summed E-state index contributed by atoms with van der Waals surface area (Å²) >= 11 is 0. The highest BCUT2D eigenvalue weighted by Gasteiger charge is 2.38. The third-order valence-corrected chi connectivity index (χ3v) is 5.60. The maximum atomic E-state index is 12.2. The summed E-state index contributed by atoms with van der Waals surface area (Å²) in [6.07, 6.45) is 3.85. The van der Waals surface area contributed by atoms with Crippen LogP contribution in [-0.4, -0.2) is 12.1 Å². The number of methoxy groups -OCH3 is 1. The summed E-state index contributed by atoms with van der Waals surface area (Å²) in [5.74, 6) is 2.20. The summed E-state index contributed by atoms with van der Waals surface area (Å²) in [6, 6.07) is 16.8. The third-order valence-electron chi connectivity index (χ3n) is 5.60. The van der Waals surface area contributed by atoms with Gasteiger partial charge < -0.3 is 9.72 Å². The van der Waals surface area contributed by atoms with E-state index in [1.165, 1.54) is 23.1 Å². The number of benzene rings is 2. The zero-order valence-corrected chi connectivity index (χ0v) is 16.1. The molecule has 0 bridgehead atoms. The van der Waals surface area contributed by atoms with Gasteiger partial charge in [0.25, 0.3) is 5.56 Å². The minimum Gasteiger partial charge on any atom is -0.496 e. The van der Waals surface area contributed by atoms with E-state index < -0.39 is 0 Å². The third kappa shape index (κ3) is 3.55. The Kier molecular flexibility index (Phi) is 4.61. The van der Waals surface area contributed by atoms with Crippen molar-refractivity contribution in [3.8, 4) is 16.9 Å². The van der Waals surface area contributed by atoms with E-state index in [-0.39, 0.29) is 5.56 Å². The van der Waals surface area contributed by atoms with Gasteiger partial charge >= 0.3 is 0 Å². The van der Waals surface area contributed by atoms with Gasteiger partial charge in [0.15, 0.2) is 0 Å². The number of hydrogen-bond donors (Lipinski definition) is 1. The van der Waals surface area contributed by atoms with Crippen molar-refractivity contribution in [3.63, 3.8) is 0 Å². The topological polar surface area (TPSA) is 42.1 Å². The van der Waals surface area contributed by atoms with Gasteiger partial charge in [-0.05, 0) is 85.0 Å². The molecule has 1 saturated carbocycles. The molecule has 0 amide bonds. The number of hydrogen-bond acceptors (Lipinski definition) is 2. The van der Waals surface area contributed by atoms with E-state index in [2.05, 4.69) is 42.2 Å². The van der Waals surface area contributed by atoms with Gasteiger partial charge in [-0.15, -0.1) is 0 Å². The van der Waals surface area contributed by atoms with Crippen molar-refractivity contribution in [2.45, 2.75) is 32.6 Å². The molecular formula is C24H25NO2. The highest BCUT2D eigenvalue weighted by molar-refractivity contribution is 5.66. The molecule has 2 unspecified atom stereocenters. The lowest BCUT2D eigenvalue weighted by atomic mass is 9.96. The molecule has 3 heteroatoms. The Morgan fingerprint density at radius 1 is 1.11 bits per heavy atom. The predicted molar refractivity (Wildman–Crippen MR) is 110 cm³/mol. The van der Waals surface area contributed by atoms with Crippen LogP contribution in [0.5, 0.6) is 5.75 Å². The van der Waals surface area contributed by atoms with Crippen LogP contribution in [0.3, 0.4) is 0 Å². The molecule has 1 N–H and O–H groups in total. The van der Waals surface area contributed by atoms with Gasteiger partial charge in [0.05, 0.1) is 7.11 Å². The minimum atomic E-state index is -0.0584. The largest absolute Gasteiger partial charge is 0.496 e. The first-order valence-electron chi connectivity index (χ1n) is 9.49. The zero-order valence-electron chi connectivity index (χ0n) is 16.1. The quantitative estimate of drug-likeness (QED) is 0.695. The van der Waals surface area contributed by atoms with Crippen LogP contribution in [0.2, 0.25) is 0 Å². The summed E-state index contributed by atoms with van der Waals surface area (Å²) in [6.45, 7) is 4.17. The predicted octanol–water partition coefficient (Wildman–Crippen LogP) is 5.01. The maximum Gasteiger partial charge on any atom is 0.255 e. The van der Waals surface area contributed by atoms with Gasteiger partial charge in [0, 0.05) is 11.8 Å². The van der Waals surface area contributed by atoms with E-state index in [4.69, 9.17) is 4.74 Å². The Labute approximate surface area is 160 Å². The Hall–Kier alpha value is -2.81. The lowest BCUT2D eigenvalue weighted by Gasteiger charge is -2.14. The smallest absolute Gasteiger partial charge is 0.255 e. The van der Waals surface area contributed by atoms with Crippen molar-refractivity contribution in [2.75, 3.05) is 7.11 Å². The lowest BCUT2D eigenvalue weighted by molar-refractivity contribution is 0.405. The van der Waals surface area contributed by atoms with E-state index in [0.717, 1.165) is 23.3 Å². The van der Waals surface area contributed by atoms with Crippen molar-refractivity contribution in [1.29, 1.82) is 0 Å². The Morgan fingerprint density at radius 3 is 2.59 bits per heavy atom. The number of pyridine rings is 1. The van der Waals surface area contributed by atoms with E-state index in [1.54, 1.807) is 13.3 Å². The van der Waals surface area contributed by atoms with Gasteiger partial charge in [-0.25, -0.2) is 0 Å². The van der Waals surface area contributed by atoms with Crippen molar-refractivity contribution >= 4 is 0 Å². The van der Waals surface area contributed by atoms with Crippen LogP contribution in [0.4, 0.5) is 0 Å². The number of H-pyrrole nitrogens is 1. The van der Waals surface area contributed by atoms with Crippen LogP contribution < -0.4 is 10.3 Å². The van der Waals surface area contributed by atoms with E-state index in [0.29, 0.717) is 17.4 Å². The second-order valence-electron chi connectivity index (χ2n) is 7.62. The summed E-state index contributed by atoms with van der Waals surface area (Å²) in [5, 5.41) is 0. The highest BCUT2D eigenvalue weighted by atomic mass is 16.5. The van der Waals surface area contributed by atoms with Crippen molar-refractivity contribution < 1.29 is 4.74 Å². The normalized spacial score (nSPS) is 18.3. The Balaban J connectivity index is 1.63. The first kappa shape index (κ1) is 17.6. The van der Waals surface area contributed by atoms with Gasteiger partial charge in [-0.1, -0.05) is 29.8 Å². The van der Waals surface area contributed by atoms with Crippen molar-refractivity contribution in [3.05, 3.63) is 87.3 Å². The fraction of sp³-hybridized carbons (Fsp3) is 0.292. The SMILES string of the molecule is COc1c(C)cc(-c2ccc[nH]c2=O)cc1CC1CC1c1ccc(C)cc1. The average molecular weight is 359 g/mol. The standard InChI is InChI=1S/C24H25NO2/c1-15-6-8-17(9-7-15)22-14-19(22)13-20-12-18(11-16(2)23(20)27-3)21-5-4-10-25-24(21)26/h4-12,19,22H,13-14H2,1-3H3,(H,25,26). The maximum absolute atomic E-state index is 12.2. The molecule has 3 aromatic rings. The summed E-state index contributed by atoms with van der Waals surface area (Å²) in [7, 11) is 1.73. The number of aryl methyl sites for hydroxylation is 2. The average Bonchev–Trinajstić information content (AvgIpc) is 3.41. The zero-order chi connectivity index (χ0) is 19.0. The molecule has 2 aromatic carbocycles. The summed E-state index contributed by atoms with van der Waals surface area (Å²) in [4.78, 5) is 15.0. The number of ether oxygens (including phenoxy) is 1. The molecule has 4 rings (SSSR count). The molecule has 1 aromatic heterocycles. The van der Waals surface area contributed by atoms with Crippen LogP contribution >= 0.6 is 0 Å². The first-order valence-corrected chi connectivity index (χ1v) is 9.49. The van der Waals surface area contributed by atoms with Crippen LogP contribution in [0.15, 0.2) is 59.5 Å².